The third kappa shape index (κ3) is 4.28. The SMILES string of the molecule is O=C1NCCCCC1NCCc1cc(F)cc(F)c1. The average Bonchev–Trinajstić information content (AvgIpc) is 2.54. The summed E-state index contributed by atoms with van der Waals surface area (Å²) in [5, 5.41) is 5.98. The summed E-state index contributed by atoms with van der Waals surface area (Å²) in [6.45, 7) is 1.26. The van der Waals surface area contributed by atoms with Gasteiger partial charge in [-0.2, -0.15) is 0 Å². The van der Waals surface area contributed by atoms with Crippen LogP contribution in [0.2, 0.25) is 0 Å². The molecule has 0 radical (unpaired) electrons. The molecular weight excluding hydrogens is 250 g/mol. The smallest absolute Gasteiger partial charge is 0.237 e. The Morgan fingerprint density at radius 3 is 2.68 bits per heavy atom. The Morgan fingerprint density at radius 2 is 1.95 bits per heavy atom. The Labute approximate surface area is 111 Å². The Kier molecular flexibility index (Phi) is 4.85. The van der Waals surface area contributed by atoms with E-state index in [-0.39, 0.29) is 11.9 Å². The highest BCUT2D eigenvalue weighted by atomic mass is 19.1. The third-order valence-electron chi connectivity index (χ3n) is 3.26. The van der Waals surface area contributed by atoms with Gasteiger partial charge in [-0.05, 0) is 49.9 Å². The predicted octanol–water partition coefficient (Wildman–Crippen LogP) is 1.77. The second-order valence-corrected chi connectivity index (χ2v) is 4.82. The van der Waals surface area contributed by atoms with Crippen LogP contribution in [0, 0.1) is 11.6 Å². The molecule has 1 aliphatic rings. The summed E-state index contributed by atoms with van der Waals surface area (Å²) < 4.78 is 26.0. The van der Waals surface area contributed by atoms with Gasteiger partial charge in [0.2, 0.25) is 5.91 Å². The van der Waals surface area contributed by atoms with E-state index in [0.29, 0.717) is 18.5 Å². The molecule has 1 heterocycles. The molecule has 1 aliphatic heterocycles. The number of benzene rings is 1. The van der Waals surface area contributed by atoms with Crippen LogP contribution < -0.4 is 10.6 Å². The first-order valence-electron chi connectivity index (χ1n) is 6.61. The molecule has 0 saturated carbocycles. The van der Waals surface area contributed by atoms with Crippen molar-refractivity contribution in [3.05, 3.63) is 35.4 Å². The van der Waals surface area contributed by atoms with Gasteiger partial charge in [0.1, 0.15) is 11.6 Å². The maximum absolute atomic E-state index is 13.0. The van der Waals surface area contributed by atoms with Crippen molar-refractivity contribution in [1.82, 2.24) is 10.6 Å². The Hall–Kier alpha value is -1.49. The second kappa shape index (κ2) is 6.61. The lowest BCUT2D eigenvalue weighted by Crippen LogP contribution is -2.43. The van der Waals surface area contributed by atoms with Crippen LogP contribution in [0.4, 0.5) is 8.78 Å². The lowest BCUT2D eigenvalue weighted by atomic mass is 10.1. The lowest BCUT2D eigenvalue weighted by Gasteiger charge is -2.15. The van der Waals surface area contributed by atoms with Gasteiger partial charge in [-0.25, -0.2) is 8.78 Å². The first-order chi connectivity index (χ1) is 9.15. The lowest BCUT2D eigenvalue weighted by molar-refractivity contribution is -0.122. The molecule has 0 aliphatic carbocycles. The van der Waals surface area contributed by atoms with Gasteiger partial charge >= 0.3 is 0 Å². The molecule has 2 rings (SSSR count). The van der Waals surface area contributed by atoms with Crippen LogP contribution in [0.3, 0.4) is 0 Å². The van der Waals surface area contributed by atoms with Crippen molar-refractivity contribution in [3.8, 4) is 0 Å². The van der Waals surface area contributed by atoms with Gasteiger partial charge in [-0.1, -0.05) is 0 Å². The fourth-order valence-corrected chi connectivity index (χ4v) is 2.28. The zero-order valence-corrected chi connectivity index (χ0v) is 10.7. The Bertz CT molecular complexity index is 431. The highest BCUT2D eigenvalue weighted by Crippen LogP contribution is 2.09. The maximum atomic E-state index is 13.0. The van der Waals surface area contributed by atoms with Gasteiger partial charge < -0.3 is 10.6 Å². The summed E-state index contributed by atoms with van der Waals surface area (Å²) in [5.74, 6) is -1.12. The minimum absolute atomic E-state index is 0.0166. The van der Waals surface area contributed by atoms with Crippen molar-refractivity contribution in [2.75, 3.05) is 13.1 Å². The summed E-state index contributed by atoms with van der Waals surface area (Å²) in [6.07, 6.45) is 3.31. The molecule has 19 heavy (non-hydrogen) atoms. The van der Waals surface area contributed by atoms with E-state index in [9.17, 15) is 13.6 Å². The van der Waals surface area contributed by atoms with Gasteiger partial charge in [0, 0.05) is 12.6 Å². The highest BCUT2D eigenvalue weighted by Gasteiger charge is 2.19. The number of halogens is 2. The number of hydrogen-bond donors (Lipinski definition) is 2. The molecule has 1 unspecified atom stereocenters. The van der Waals surface area contributed by atoms with E-state index in [1.165, 1.54) is 12.1 Å². The van der Waals surface area contributed by atoms with Gasteiger partial charge in [0.15, 0.2) is 0 Å². The van der Waals surface area contributed by atoms with Crippen LogP contribution in [-0.2, 0) is 11.2 Å². The van der Waals surface area contributed by atoms with Gasteiger partial charge in [0.25, 0.3) is 0 Å². The van der Waals surface area contributed by atoms with Crippen molar-refractivity contribution in [2.45, 2.75) is 31.7 Å². The third-order valence-corrected chi connectivity index (χ3v) is 3.26. The molecular formula is C14H18F2N2O. The zero-order chi connectivity index (χ0) is 13.7. The minimum atomic E-state index is -0.567. The van der Waals surface area contributed by atoms with E-state index in [0.717, 1.165) is 31.9 Å². The number of rotatable bonds is 4. The first kappa shape index (κ1) is 13.9. The zero-order valence-electron chi connectivity index (χ0n) is 10.7. The fraction of sp³-hybridized carbons (Fsp3) is 0.500. The number of amides is 1. The van der Waals surface area contributed by atoms with E-state index in [4.69, 9.17) is 0 Å². The number of carbonyl (C=O) groups excluding carboxylic acids is 1. The fourth-order valence-electron chi connectivity index (χ4n) is 2.28. The largest absolute Gasteiger partial charge is 0.355 e. The monoisotopic (exact) mass is 268 g/mol. The van der Waals surface area contributed by atoms with Crippen molar-refractivity contribution >= 4 is 5.91 Å². The molecule has 0 aromatic heterocycles. The van der Waals surface area contributed by atoms with Crippen LogP contribution in [0.1, 0.15) is 24.8 Å². The van der Waals surface area contributed by atoms with E-state index in [2.05, 4.69) is 10.6 Å². The van der Waals surface area contributed by atoms with E-state index in [1.54, 1.807) is 0 Å². The average molecular weight is 268 g/mol. The highest BCUT2D eigenvalue weighted by molar-refractivity contribution is 5.81. The molecule has 1 amide bonds. The van der Waals surface area contributed by atoms with E-state index in [1.807, 2.05) is 0 Å². The second-order valence-electron chi connectivity index (χ2n) is 4.82. The molecule has 1 atom stereocenters. The van der Waals surface area contributed by atoms with Gasteiger partial charge in [-0.15, -0.1) is 0 Å². The van der Waals surface area contributed by atoms with Crippen LogP contribution in [0.5, 0.6) is 0 Å². The number of nitrogens with one attached hydrogen (secondary N) is 2. The Balaban J connectivity index is 1.83. The van der Waals surface area contributed by atoms with Crippen molar-refractivity contribution in [2.24, 2.45) is 0 Å². The molecule has 0 bridgehead atoms. The molecule has 0 spiro atoms. The molecule has 1 aromatic rings. The summed E-state index contributed by atoms with van der Waals surface area (Å²) in [7, 11) is 0. The standard InChI is InChI=1S/C14H18F2N2O/c15-11-7-10(8-12(16)9-11)4-6-17-13-3-1-2-5-18-14(13)19/h7-9,13,17H,1-6H2,(H,18,19). The van der Waals surface area contributed by atoms with Crippen LogP contribution in [-0.4, -0.2) is 25.0 Å². The van der Waals surface area contributed by atoms with Crippen LogP contribution in [0.25, 0.3) is 0 Å². The number of hydrogen-bond acceptors (Lipinski definition) is 2. The summed E-state index contributed by atoms with van der Waals surface area (Å²) in [5.41, 5.74) is 0.596. The minimum Gasteiger partial charge on any atom is -0.355 e. The van der Waals surface area contributed by atoms with Gasteiger partial charge in [0.05, 0.1) is 6.04 Å². The first-order valence-corrected chi connectivity index (χ1v) is 6.61. The molecule has 2 N–H and O–H groups in total. The quantitative estimate of drug-likeness (QED) is 0.873. The van der Waals surface area contributed by atoms with Crippen LogP contribution in [0.15, 0.2) is 18.2 Å². The van der Waals surface area contributed by atoms with Crippen LogP contribution >= 0.6 is 0 Å². The normalized spacial score (nSPS) is 19.9. The number of carbonyl (C=O) groups is 1. The molecule has 1 fully saturated rings. The maximum Gasteiger partial charge on any atom is 0.237 e. The molecule has 1 aromatic carbocycles. The molecule has 104 valence electrons. The predicted molar refractivity (Wildman–Crippen MR) is 68.7 cm³/mol. The topological polar surface area (TPSA) is 41.1 Å². The summed E-state index contributed by atoms with van der Waals surface area (Å²) in [4.78, 5) is 11.7. The summed E-state index contributed by atoms with van der Waals surface area (Å²) >= 11 is 0. The molecule has 5 heteroatoms. The van der Waals surface area contributed by atoms with Crippen molar-refractivity contribution in [3.63, 3.8) is 0 Å². The molecule has 3 nitrogen and oxygen atoms in total. The van der Waals surface area contributed by atoms with Crippen molar-refractivity contribution in [1.29, 1.82) is 0 Å². The van der Waals surface area contributed by atoms with E-state index >= 15 is 0 Å². The summed E-state index contributed by atoms with van der Waals surface area (Å²) in [6, 6.07) is 3.30. The van der Waals surface area contributed by atoms with Crippen molar-refractivity contribution < 1.29 is 13.6 Å². The molecule has 1 saturated heterocycles. The Morgan fingerprint density at radius 1 is 1.21 bits per heavy atom. The van der Waals surface area contributed by atoms with E-state index < -0.39 is 11.6 Å². The van der Waals surface area contributed by atoms with Gasteiger partial charge in [-0.3, -0.25) is 4.79 Å².